The van der Waals surface area contributed by atoms with E-state index >= 15 is 0 Å². The first-order valence-electron chi connectivity index (χ1n) is 6.20. The zero-order valence-electron chi connectivity index (χ0n) is 10.8. The quantitative estimate of drug-likeness (QED) is 0.779. The Kier molecular flexibility index (Phi) is 3.46. The molecule has 0 fully saturated rings. The molecule has 0 atom stereocenters. The number of carbonyl (C=O) groups is 1. The fourth-order valence-corrected chi connectivity index (χ4v) is 2.09. The average molecular weight is 300 g/mol. The van der Waals surface area contributed by atoms with E-state index in [0.29, 0.717) is 22.0 Å². The molecule has 1 N–H and O–H groups in total. The van der Waals surface area contributed by atoms with Crippen LogP contribution in [0, 0.1) is 0 Å². The van der Waals surface area contributed by atoms with Gasteiger partial charge in [0, 0.05) is 16.5 Å². The van der Waals surface area contributed by atoms with Crippen LogP contribution in [-0.4, -0.2) is 16.1 Å². The van der Waals surface area contributed by atoms with Crippen molar-refractivity contribution in [3.05, 3.63) is 65.3 Å². The van der Waals surface area contributed by atoms with Crippen LogP contribution in [0.2, 0.25) is 5.02 Å². The lowest BCUT2D eigenvalue weighted by atomic mass is 10.2. The summed E-state index contributed by atoms with van der Waals surface area (Å²) < 4.78 is 5.78. The Bertz CT molecular complexity index is 815. The molecule has 0 aliphatic rings. The summed E-state index contributed by atoms with van der Waals surface area (Å²) in [6.45, 7) is 0. The van der Waals surface area contributed by atoms with Crippen molar-refractivity contribution in [1.82, 2.24) is 4.98 Å². The van der Waals surface area contributed by atoms with Gasteiger partial charge in [-0.1, -0.05) is 23.7 Å². The van der Waals surface area contributed by atoms with Crippen LogP contribution in [0.25, 0.3) is 10.9 Å². The molecule has 3 rings (SSSR count). The maximum atomic E-state index is 11.2. The molecule has 0 aliphatic carbocycles. The molecule has 104 valence electrons. The lowest BCUT2D eigenvalue weighted by Crippen LogP contribution is -2.01. The van der Waals surface area contributed by atoms with Crippen LogP contribution >= 0.6 is 11.6 Å². The number of benzene rings is 2. The van der Waals surface area contributed by atoms with Crippen LogP contribution in [0.4, 0.5) is 0 Å². The van der Waals surface area contributed by atoms with Gasteiger partial charge in [-0.2, -0.15) is 0 Å². The summed E-state index contributed by atoms with van der Waals surface area (Å²) in [5.41, 5.74) is 0.513. The van der Waals surface area contributed by atoms with Gasteiger partial charge in [0.15, 0.2) is 5.69 Å². The van der Waals surface area contributed by atoms with Crippen molar-refractivity contribution in [3.63, 3.8) is 0 Å². The largest absolute Gasteiger partial charge is 0.477 e. The summed E-state index contributed by atoms with van der Waals surface area (Å²) in [7, 11) is 0. The predicted octanol–water partition coefficient (Wildman–Crippen LogP) is 4.38. The number of carboxylic acid groups (broad SMARTS) is 1. The van der Waals surface area contributed by atoms with Crippen molar-refractivity contribution in [2.24, 2.45) is 0 Å². The number of aromatic nitrogens is 1. The Morgan fingerprint density at radius 1 is 1.10 bits per heavy atom. The lowest BCUT2D eigenvalue weighted by Gasteiger charge is -2.10. The number of halogens is 1. The van der Waals surface area contributed by atoms with Gasteiger partial charge in [0.25, 0.3) is 0 Å². The summed E-state index contributed by atoms with van der Waals surface area (Å²) in [6, 6.07) is 15.5. The SMILES string of the molecule is O=C(O)c1cc(Oc2ccc(Cl)cc2)c2ccccc2n1. The van der Waals surface area contributed by atoms with Gasteiger partial charge >= 0.3 is 5.97 Å². The van der Waals surface area contributed by atoms with E-state index in [1.807, 2.05) is 12.1 Å². The molecule has 5 heteroatoms. The Labute approximate surface area is 125 Å². The predicted molar refractivity (Wildman–Crippen MR) is 80.2 cm³/mol. The molecule has 0 aliphatic heterocycles. The second-order valence-electron chi connectivity index (χ2n) is 4.38. The highest BCUT2D eigenvalue weighted by Gasteiger charge is 2.12. The normalized spacial score (nSPS) is 10.5. The third-order valence-electron chi connectivity index (χ3n) is 2.94. The van der Waals surface area contributed by atoms with Crippen LogP contribution in [0.1, 0.15) is 10.5 Å². The Morgan fingerprint density at radius 2 is 1.81 bits per heavy atom. The number of nitrogens with zero attached hydrogens (tertiary/aromatic N) is 1. The topological polar surface area (TPSA) is 59.4 Å². The number of carboxylic acids is 1. The van der Waals surface area contributed by atoms with E-state index in [4.69, 9.17) is 21.4 Å². The molecule has 0 unspecified atom stereocenters. The van der Waals surface area contributed by atoms with Crippen molar-refractivity contribution >= 4 is 28.5 Å². The molecular weight excluding hydrogens is 290 g/mol. The minimum Gasteiger partial charge on any atom is -0.477 e. The van der Waals surface area contributed by atoms with Crippen molar-refractivity contribution < 1.29 is 14.6 Å². The number of hydrogen-bond acceptors (Lipinski definition) is 3. The highest BCUT2D eigenvalue weighted by Crippen LogP contribution is 2.30. The second kappa shape index (κ2) is 5.42. The first-order valence-corrected chi connectivity index (χ1v) is 6.58. The number of rotatable bonds is 3. The lowest BCUT2D eigenvalue weighted by molar-refractivity contribution is 0.0690. The van der Waals surface area contributed by atoms with E-state index in [9.17, 15) is 4.79 Å². The van der Waals surface area contributed by atoms with E-state index < -0.39 is 5.97 Å². The number of para-hydroxylation sites is 1. The standard InChI is InChI=1S/C16H10ClNO3/c17-10-5-7-11(8-6-10)21-15-9-14(16(19)20)18-13-4-2-1-3-12(13)15/h1-9H,(H,19,20). The fraction of sp³-hybridized carbons (Fsp3) is 0. The first kappa shape index (κ1) is 13.4. The fourth-order valence-electron chi connectivity index (χ4n) is 1.97. The summed E-state index contributed by atoms with van der Waals surface area (Å²) in [5.74, 6) is -0.0749. The zero-order chi connectivity index (χ0) is 14.8. The zero-order valence-corrected chi connectivity index (χ0v) is 11.5. The summed E-state index contributed by atoms with van der Waals surface area (Å²) >= 11 is 5.83. The van der Waals surface area contributed by atoms with E-state index in [-0.39, 0.29) is 5.69 Å². The second-order valence-corrected chi connectivity index (χ2v) is 4.82. The van der Waals surface area contributed by atoms with Crippen LogP contribution < -0.4 is 4.74 Å². The molecule has 0 spiro atoms. The highest BCUT2D eigenvalue weighted by atomic mass is 35.5. The van der Waals surface area contributed by atoms with Crippen molar-refractivity contribution in [1.29, 1.82) is 0 Å². The van der Waals surface area contributed by atoms with Crippen LogP contribution in [0.3, 0.4) is 0 Å². The number of fused-ring (bicyclic) bond motifs is 1. The summed E-state index contributed by atoms with van der Waals surface area (Å²) in [5, 5.41) is 10.5. The minimum atomic E-state index is -1.10. The minimum absolute atomic E-state index is 0.0577. The van der Waals surface area contributed by atoms with Gasteiger partial charge in [-0.25, -0.2) is 9.78 Å². The van der Waals surface area contributed by atoms with Gasteiger partial charge in [-0.15, -0.1) is 0 Å². The van der Waals surface area contributed by atoms with Crippen molar-refractivity contribution in [2.75, 3.05) is 0 Å². The molecule has 0 saturated carbocycles. The molecule has 0 saturated heterocycles. The Hall–Kier alpha value is -2.59. The highest BCUT2D eigenvalue weighted by molar-refractivity contribution is 6.30. The maximum Gasteiger partial charge on any atom is 0.354 e. The number of hydrogen-bond donors (Lipinski definition) is 1. The molecule has 1 heterocycles. The third kappa shape index (κ3) is 2.80. The molecular formula is C16H10ClNO3. The Morgan fingerprint density at radius 3 is 2.52 bits per heavy atom. The first-order chi connectivity index (χ1) is 10.1. The van der Waals surface area contributed by atoms with Crippen LogP contribution in [0.5, 0.6) is 11.5 Å². The van der Waals surface area contributed by atoms with Crippen molar-refractivity contribution in [3.8, 4) is 11.5 Å². The molecule has 0 bridgehead atoms. The third-order valence-corrected chi connectivity index (χ3v) is 3.19. The number of pyridine rings is 1. The van der Waals surface area contributed by atoms with Crippen molar-refractivity contribution in [2.45, 2.75) is 0 Å². The van der Waals surface area contributed by atoms with Crippen LogP contribution in [-0.2, 0) is 0 Å². The summed E-state index contributed by atoms with van der Waals surface area (Å²) in [6.07, 6.45) is 0. The van der Waals surface area contributed by atoms with Gasteiger partial charge in [0.05, 0.1) is 5.52 Å². The molecule has 3 aromatic rings. The van der Waals surface area contributed by atoms with Gasteiger partial charge in [0.2, 0.25) is 0 Å². The van der Waals surface area contributed by atoms with E-state index in [1.54, 1.807) is 36.4 Å². The number of ether oxygens (including phenoxy) is 1. The maximum absolute atomic E-state index is 11.2. The molecule has 0 amide bonds. The molecule has 2 aromatic carbocycles. The van der Waals surface area contributed by atoms with Gasteiger partial charge in [0.1, 0.15) is 11.5 Å². The monoisotopic (exact) mass is 299 g/mol. The molecule has 0 radical (unpaired) electrons. The summed E-state index contributed by atoms with van der Waals surface area (Å²) in [4.78, 5) is 15.2. The molecule has 4 nitrogen and oxygen atoms in total. The van der Waals surface area contributed by atoms with Gasteiger partial charge in [-0.3, -0.25) is 0 Å². The average Bonchev–Trinajstić information content (AvgIpc) is 2.49. The van der Waals surface area contributed by atoms with Crippen LogP contribution in [0.15, 0.2) is 54.6 Å². The van der Waals surface area contributed by atoms with E-state index in [0.717, 1.165) is 5.39 Å². The van der Waals surface area contributed by atoms with Gasteiger partial charge < -0.3 is 9.84 Å². The molecule has 1 aromatic heterocycles. The number of aromatic carboxylic acids is 1. The van der Waals surface area contributed by atoms with E-state index in [2.05, 4.69) is 4.98 Å². The Balaban J connectivity index is 2.11. The molecule has 21 heavy (non-hydrogen) atoms. The smallest absolute Gasteiger partial charge is 0.354 e. The van der Waals surface area contributed by atoms with Gasteiger partial charge in [-0.05, 0) is 36.4 Å². The van der Waals surface area contributed by atoms with E-state index in [1.165, 1.54) is 6.07 Å².